The van der Waals surface area contributed by atoms with E-state index in [1.807, 2.05) is 18.2 Å². The number of aliphatic hydroxyl groups is 1. The van der Waals surface area contributed by atoms with Crippen molar-refractivity contribution in [2.75, 3.05) is 0 Å². The molecule has 10 heavy (non-hydrogen) atoms. The third kappa shape index (κ3) is 0.895. The summed E-state index contributed by atoms with van der Waals surface area (Å²) in [5.74, 6) is 0. The SMILES string of the molecule is O[C@@H]1C=C[C@@H]2C=CC[C@H]1O2. The van der Waals surface area contributed by atoms with Gasteiger partial charge in [0.25, 0.3) is 0 Å². The molecule has 0 aromatic rings. The first-order chi connectivity index (χ1) is 4.86. The molecule has 2 aliphatic rings. The van der Waals surface area contributed by atoms with Crippen LogP contribution < -0.4 is 0 Å². The molecule has 0 saturated heterocycles. The molecule has 2 aliphatic heterocycles. The number of hydrogen-bond donors (Lipinski definition) is 1. The second-order valence-electron chi connectivity index (χ2n) is 2.68. The number of hydrogen-bond acceptors (Lipinski definition) is 2. The van der Waals surface area contributed by atoms with E-state index in [1.54, 1.807) is 0 Å². The Morgan fingerprint density at radius 2 is 2.20 bits per heavy atom. The predicted molar refractivity (Wildman–Crippen MR) is 37.6 cm³/mol. The summed E-state index contributed by atoms with van der Waals surface area (Å²) >= 11 is 0. The van der Waals surface area contributed by atoms with Crippen LogP contribution in [0, 0.1) is 0 Å². The van der Waals surface area contributed by atoms with E-state index in [-0.39, 0.29) is 12.2 Å². The number of rotatable bonds is 0. The van der Waals surface area contributed by atoms with Gasteiger partial charge in [-0.2, -0.15) is 0 Å². The molecule has 1 N–H and O–H groups in total. The van der Waals surface area contributed by atoms with Gasteiger partial charge in [0.05, 0.1) is 18.3 Å². The lowest BCUT2D eigenvalue weighted by molar-refractivity contribution is -0.0446. The molecule has 0 unspecified atom stereocenters. The molecule has 2 rings (SSSR count). The average molecular weight is 138 g/mol. The third-order valence-electron chi connectivity index (χ3n) is 1.90. The zero-order valence-electron chi connectivity index (χ0n) is 5.60. The first-order valence-electron chi connectivity index (χ1n) is 3.55. The Hall–Kier alpha value is -0.600. The Balaban J connectivity index is 2.22. The lowest BCUT2D eigenvalue weighted by atomic mass is 10.0. The molecule has 0 radical (unpaired) electrons. The van der Waals surface area contributed by atoms with Gasteiger partial charge in [-0.1, -0.05) is 24.3 Å². The van der Waals surface area contributed by atoms with Gasteiger partial charge >= 0.3 is 0 Å². The van der Waals surface area contributed by atoms with E-state index >= 15 is 0 Å². The molecule has 0 aromatic heterocycles. The molecule has 0 amide bonds. The smallest absolute Gasteiger partial charge is 0.0987 e. The van der Waals surface area contributed by atoms with Crippen molar-refractivity contribution in [3.63, 3.8) is 0 Å². The summed E-state index contributed by atoms with van der Waals surface area (Å²) in [7, 11) is 0. The monoisotopic (exact) mass is 138 g/mol. The molecule has 2 nitrogen and oxygen atoms in total. The molecular formula is C8H10O2. The van der Waals surface area contributed by atoms with E-state index in [0.717, 1.165) is 6.42 Å². The van der Waals surface area contributed by atoms with Gasteiger partial charge in [0.15, 0.2) is 0 Å². The van der Waals surface area contributed by atoms with Crippen LogP contribution in [0.15, 0.2) is 24.3 Å². The molecular weight excluding hydrogens is 128 g/mol. The van der Waals surface area contributed by atoms with Crippen molar-refractivity contribution in [3.8, 4) is 0 Å². The van der Waals surface area contributed by atoms with Crippen molar-refractivity contribution < 1.29 is 9.84 Å². The Bertz CT molecular complexity index is 184. The molecule has 3 atom stereocenters. The predicted octanol–water partition coefficient (Wildman–Crippen LogP) is 0.631. The van der Waals surface area contributed by atoms with Gasteiger partial charge in [0, 0.05) is 0 Å². The van der Waals surface area contributed by atoms with Crippen molar-refractivity contribution in [3.05, 3.63) is 24.3 Å². The first kappa shape index (κ1) is 6.13. The topological polar surface area (TPSA) is 29.5 Å². The highest BCUT2D eigenvalue weighted by molar-refractivity contribution is 5.14. The van der Waals surface area contributed by atoms with Crippen LogP contribution in [0.4, 0.5) is 0 Å². The normalized spacial score (nSPS) is 43.9. The summed E-state index contributed by atoms with van der Waals surface area (Å²) in [6, 6.07) is 0. The zero-order valence-corrected chi connectivity index (χ0v) is 5.60. The van der Waals surface area contributed by atoms with E-state index < -0.39 is 6.10 Å². The summed E-state index contributed by atoms with van der Waals surface area (Å²) in [5, 5.41) is 9.27. The Morgan fingerprint density at radius 3 is 3.00 bits per heavy atom. The fraction of sp³-hybridized carbons (Fsp3) is 0.500. The number of ether oxygens (including phenoxy) is 1. The standard InChI is InChI=1S/C8H10O2/c9-7-5-4-6-2-1-3-8(7)10-6/h1-2,4-9H,3H2/t6-,7+,8+/m0/s1. The maximum atomic E-state index is 9.27. The van der Waals surface area contributed by atoms with Crippen LogP contribution in [-0.2, 0) is 4.74 Å². The molecule has 0 fully saturated rings. The fourth-order valence-electron chi connectivity index (χ4n) is 1.33. The minimum absolute atomic E-state index is 0.000000000000000222. The van der Waals surface area contributed by atoms with Gasteiger partial charge in [-0.25, -0.2) is 0 Å². The lowest BCUT2D eigenvalue weighted by Crippen LogP contribution is -2.36. The van der Waals surface area contributed by atoms with Crippen LogP contribution in [0.5, 0.6) is 0 Å². The van der Waals surface area contributed by atoms with Gasteiger partial charge in [-0.05, 0) is 6.42 Å². The summed E-state index contributed by atoms with van der Waals surface area (Å²) in [6.07, 6.45) is 8.31. The van der Waals surface area contributed by atoms with Gasteiger partial charge in [-0.15, -0.1) is 0 Å². The third-order valence-corrected chi connectivity index (χ3v) is 1.90. The van der Waals surface area contributed by atoms with Crippen LogP contribution in [0.1, 0.15) is 6.42 Å². The van der Waals surface area contributed by atoms with E-state index in [4.69, 9.17) is 4.74 Å². The van der Waals surface area contributed by atoms with E-state index in [2.05, 4.69) is 6.08 Å². The van der Waals surface area contributed by atoms with Gasteiger partial charge < -0.3 is 9.84 Å². The largest absolute Gasteiger partial charge is 0.386 e. The minimum Gasteiger partial charge on any atom is -0.386 e. The molecule has 0 saturated carbocycles. The van der Waals surface area contributed by atoms with Crippen LogP contribution in [0.25, 0.3) is 0 Å². The Kier molecular flexibility index (Phi) is 1.36. The molecule has 0 aliphatic carbocycles. The highest BCUT2D eigenvalue weighted by Gasteiger charge is 2.25. The molecule has 2 heteroatoms. The molecule has 0 spiro atoms. The van der Waals surface area contributed by atoms with Crippen molar-refractivity contribution in [2.45, 2.75) is 24.7 Å². The van der Waals surface area contributed by atoms with Crippen LogP contribution in [0.3, 0.4) is 0 Å². The molecule has 0 aromatic carbocycles. The fourth-order valence-corrected chi connectivity index (χ4v) is 1.33. The highest BCUT2D eigenvalue weighted by atomic mass is 16.5. The Labute approximate surface area is 59.8 Å². The van der Waals surface area contributed by atoms with Gasteiger partial charge in [-0.3, -0.25) is 0 Å². The summed E-state index contributed by atoms with van der Waals surface area (Å²) in [4.78, 5) is 0. The average Bonchev–Trinajstić information content (AvgIpc) is 1.99. The van der Waals surface area contributed by atoms with E-state index in [9.17, 15) is 5.11 Å². The van der Waals surface area contributed by atoms with Crippen molar-refractivity contribution in [1.29, 1.82) is 0 Å². The molecule has 54 valence electrons. The summed E-state index contributed by atoms with van der Waals surface area (Å²) in [6.45, 7) is 0. The minimum atomic E-state index is -0.402. The van der Waals surface area contributed by atoms with Crippen molar-refractivity contribution >= 4 is 0 Å². The maximum Gasteiger partial charge on any atom is 0.0987 e. The Morgan fingerprint density at radius 1 is 1.30 bits per heavy atom. The quantitative estimate of drug-likeness (QED) is 0.497. The lowest BCUT2D eigenvalue weighted by Gasteiger charge is -2.30. The van der Waals surface area contributed by atoms with Crippen molar-refractivity contribution in [2.24, 2.45) is 0 Å². The van der Waals surface area contributed by atoms with Crippen LogP contribution >= 0.6 is 0 Å². The first-order valence-corrected chi connectivity index (χ1v) is 3.55. The highest BCUT2D eigenvalue weighted by Crippen LogP contribution is 2.21. The van der Waals surface area contributed by atoms with E-state index in [1.165, 1.54) is 0 Å². The zero-order chi connectivity index (χ0) is 6.97. The van der Waals surface area contributed by atoms with E-state index in [0.29, 0.717) is 0 Å². The van der Waals surface area contributed by atoms with Gasteiger partial charge in [0.1, 0.15) is 0 Å². The van der Waals surface area contributed by atoms with Gasteiger partial charge in [0.2, 0.25) is 0 Å². The molecule has 2 heterocycles. The summed E-state index contributed by atoms with van der Waals surface area (Å²) in [5.41, 5.74) is 0. The second-order valence-corrected chi connectivity index (χ2v) is 2.68. The molecule has 2 bridgehead atoms. The summed E-state index contributed by atoms with van der Waals surface area (Å²) < 4.78 is 5.41. The number of fused-ring (bicyclic) bond motifs is 2. The maximum absolute atomic E-state index is 9.27. The van der Waals surface area contributed by atoms with Crippen LogP contribution in [0.2, 0.25) is 0 Å². The second kappa shape index (κ2) is 2.22. The number of aliphatic hydroxyl groups excluding tert-OH is 1. The van der Waals surface area contributed by atoms with Crippen molar-refractivity contribution in [1.82, 2.24) is 0 Å². The van der Waals surface area contributed by atoms with Crippen LogP contribution in [-0.4, -0.2) is 23.4 Å².